The summed E-state index contributed by atoms with van der Waals surface area (Å²) < 4.78 is 15.8. The molecule has 2 atom stereocenters. The lowest BCUT2D eigenvalue weighted by Crippen LogP contribution is -2.41. The Morgan fingerprint density at radius 3 is 2.48 bits per heavy atom. The molecule has 0 bridgehead atoms. The third-order valence-electron chi connectivity index (χ3n) is 3.50. The molecule has 2 N–H and O–H groups in total. The Bertz CT molecular complexity index is 470. The van der Waals surface area contributed by atoms with Gasteiger partial charge in [0.25, 0.3) is 0 Å². The highest BCUT2D eigenvalue weighted by Crippen LogP contribution is 2.26. The normalized spacial score (nSPS) is 21.1. The van der Waals surface area contributed by atoms with Gasteiger partial charge in [-0.2, -0.15) is 0 Å². The number of likely N-dealkylation sites (N-methyl/N-ethyl adjacent to an activating group) is 1. The van der Waals surface area contributed by atoms with Crippen LogP contribution in [0.25, 0.3) is 0 Å². The number of methoxy groups -OCH3 is 2. The minimum Gasteiger partial charge on any atom is -0.497 e. The van der Waals surface area contributed by atoms with Gasteiger partial charge >= 0.3 is 0 Å². The Morgan fingerprint density at radius 2 is 1.90 bits per heavy atom. The summed E-state index contributed by atoms with van der Waals surface area (Å²) >= 11 is 0. The number of benzene rings is 1. The zero-order chi connectivity index (χ0) is 15.2. The number of ether oxygens (including phenoxy) is 3. The van der Waals surface area contributed by atoms with Crippen molar-refractivity contribution in [1.29, 1.82) is 0 Å². The molecule has 0 aromatic heterocycles. The molecule has 1 aliphatic rings. The van der Waals surface area contributed by atoms with Gasteiger partial charge in [0.05, 0.1) is 33.4 Å². The predicted octanol–water partition coefficient (Wildman–Crippen LogP) is 1.27. The summed E-state index contributed by atoms with van der Waals surface area (Å²) in [5.74, 6) is 1.02. The molecule has 21 heavy (non-hydrogen) atoms. The Labute approximate surface area is 124 Å². The first-order valence-corrected chi connectivity index (χ1v) is 7.03. The lowest BCUT2D eigenvalue weighted by atomic mass is 10.0. The molecule has 0 radical (unpaired) electrons. The van der Waals surface area contributed by atoms with Crippen LogP contribution in [-0.2, 0) is 9.53 Å². The zero-order valence-corrected chi connectivity index (χ0v) is 12.6. The molecule has 1 aliphatic heterocycles. The van der Waals surface area contributed by atoms with Gasteiger partial charge in [0.15, 0.2) is 0 Å². The molecule has 0 spiro atoms. The van der Waals surface area contributed by atoms with Crippen molar-refractivity contribution >= 4 is 11.6 Å². The van der Waals surface area contributed by atoms with Gasteiger partial charge in [0.2, 0.25) is 5.91 Å². The van der Waals surface area contributed by atoms with Gasteiger partial charge in [-0.15, -0.1) is 0 Å². The van der Waals surface area contributed by atoms with E-state index in [-0.39, 0.29) is 17.9 Å². The van der Waals surface area contributed by atoms with E-state index >= 15 is 0 Å². The quantitative estimate of drug-likeness (QED) is 0.827. The second-order valence-corrected chi connectivity index (χ2v) is 4.90. The third-order valence-corrected chi connectivity index (χ3v) is 3.50. The second kappa shape index (κ2) is 7.28. The zero-order valence-electron chi connectivity index (χ0n) is 12.6. The van der Waals surface area contributed by atoms with E-state index in [0.717, 1.165) is 6.54 Å². The number of anilines is 1. The minimum absolute atomic E-state index is 0.0579. The van der Waals surface area contributed by atoms with Crippen molar-refractivity contribution in [3.63, 3.8) is 0 Å². The van der Waals surface area contributed by atoms with E-state index in [1.54, 1.807) is 32.4 Å². The van der Waals surface area contributed by atoms with Gasteiger partial charge in [-0.25, -0.2) is 0 Å². The van der Waals surface area contributed by atoms with Crippen LogP contribution in [0.15, 0.2) is 18.2 Å². The smallest absolute Gasteiger partial charge is 0.231 e. The maximum Gasteiger partial charge on any atom is 0.231 e. The van der Waals surface area contributed by atoms with Crippen LogP contribution < -0.4 is 20.1 Å². The Kier molecular flexibility index (Phi) is 5.41. The van der Waals surface area contributed by atoms with Gasteiger partial charge in [-0.3, -0.25) is 4.79 Å². The third kappa shape index (κ3) is 3.86. The molecule has 1 fully saturated rings. The van der Waals surface area contributed by atoms with Crippen LogP contribution in [0.3, 0.4) is 0 Å². The van der Waals surface area contributed by atoms with Crippen LogP contribution in [-0.4, -0.2) is 45.9 Å². The maximum atomic E-state index is 12.4. The highest BCUT2D eigenvalue weighted by Gasteiger charge is 2.33. The topological polar surface area (TPSA) is 68.8 Å². The first-order chi connectivity index (χ1) is 10.2. The van der Waals surface area contributed by atoms with E-state index in [4.69, 9.17) is 14.2 Å². The van der Waals surface area contributed by atoms with Crippen molar-refractivity contribution in [3.8, 4) is 11.5 Å². The first-order valence-electron chi connectivity index (χ1n) is 7.03. The highest BCUT2D eigenvalue weighted by molar-refractivity contribution is 5.93. The van der Waals surface area contributed by atoms with Crippen molar-refractivity contribution in [3.05, 3.63) is 18.2 Å². The molecule has 2 unspecified atom stereocenters. The fraction of sp³-hybridized carbons (Fsp3) is 0.533. The Balaban J connectivity index is 2.08. The van der Waals surface area contributed by atoms with E-state index < -0.39 is 0 Å². The summed E-state index contributed by atoms with van der Waals surface area (Å²) in [5.41, 5.74) is 0.651. The molecule has 0 saturated carbocycles. The van der Waals surface area contributed by atoms with Crippen LogP contribution in [0.2, 0.25) is 0 Å². The standard InChI is InChI=1S/C15H22N2O4/c1-4-16-14-9-21-8-13(14)15(18)17-10-5-11(19-2)7-12(6-10)20-3/h5-7,13-14,16H,4,8-9H2,1-3H3,(H,17,18). The number of rotatable bonds is 6. The lowest BCUT2D eigenvalue weighted by molar-refractivity contribution is -0.120. The lowest BCUT2D eigenvalue weighted by Gasteiger charge is -2.18. The van der Waals surface area contributed by atoms with Crippen LogP contribution in [0.1, 0.15) is 6.92 Å². The molecule has 0 aliphatic carbocycles. The fourth-order valence-electron chi connectivity index (χ4n) is 2.39. The van der Waals surface area contributed by atoms with Gasteiger partial charge in [-0.05, 0) is 6.54 Å². The molecule has 2 rings (SSSR count). The summed E-state index contributed by atoms with van der Waals surface area (Å²) in [6, 6.07) is 5.34. The van der Waals surface area contributed by atoms with Crippen molar-refractivity contribution in [2.75, 3.05) is 39.3 Å². The summed E-state index contributed by atoms with van der Waals surface area (Å²) in [6.07, 6.45) is 0. The molecule has 6 nitrogen and oxygen atoms in total. The van der Waals surface area contributed by atoms with Gasteiger partial charge in [0.1, 0.15) is 11.5 Å². The second-order valence-electron chi connectivity index (χ2n) is 4.90. The molecule has 1 aromatic rings. The predicted molar refractivity (Wildman–Crippen MR) is 79.9 cm³/mol. The number of carbonyl (C=O) groups excluding carboxylic acids is 1. The van der Waals surface area contributed by atoms with Crippen LogP contribution >= 0.6 is 0 Å². The first kappa shape index (κ1) is 15.6. The molecule has 1 amide bonds. The van der Waals surface area contributed by atoms with Crippen molar-refractivity contribution in [2.24, 2.45) is 5.92 Å². The molecule has 1 heterocycles. The summed E-state index contributed by atoms with van der Waals surface area (Å²) in [5, 5.41) is 6.17. The van der Waals surface area contributed by atoms with Gasteiger partial charge in [-0.1, -0.05) is 6.92 Å². The van der Waals surface area contributed by atoms with E-state index in [1.165, 1.54) is 0 Å². The summed E-state index contributed by atoms with van der Waals surface area (Å²) in [6.45, 7) is 3.82. The largest absolute Gasteiger partial charge is 0.497 e. The van der Waals surface area contributed by atoms with E-state index in [1.807, 2.05) is 6.92 Å². The van der Waals surface area contributed by atoms with Gasteiger partial charge in [0, 0.05) is 29.9 Å². The molecule has 1 aromatic carbocycles. The molecular weight excluding hydrogens is 272 g/mol. The monoisotopic (exact) mass is 294 g/mol. The number of hydrogen-bond donors (Lipinski definition) is 2. The van der Waals surface area contributed by atoms with Crippen LogP contribution in [0.4, 0.5) is 5.69 Å². The number of carbonyl (C=O) groups is 1. The average Bonchev–Trinajstić information content (AvgIpc) is 2.95. The SMILES string of the molecule is CCNC1COCC1C(=O)Nc1cc(OC)cc(OC)c1. The highest BCUT2D eigenvalue weighted by atomic mass is 16.5. The van der Waals surface area contributed by atoms with Crippen molar-refractivity contribution in [2.45, 2.75) is 13.0 Å². The average molecular weight is 294 g/mol. The molecule has 6 heteroatoms. The van der Waals surface area contributed by atoms with Crippen LogP contribution in [0.5, 0.6) is 11.5 Å². The number of amides is 1. The number of hydrogen-bond acceptors (Lipinski definition) is 5. The number of nitrogens with one attached hydrogen (secondary N) is 2. The molecular formula is C15H22N2O4. The summed E-state index contributed by atoms with van der Waals surface area (Å²) in [4.78, 5) is 12.4. The minimum atomic E-state index is -0.192. The van der Waals surface area contributed by atoms with E-state index in [2.05, 4.69) is 10.6 Å². The van der Waals surface area contributed by atoms with Crippen molar-refractivity contribution < 1.29 is 19.0 Å². The van der Waals surface area contributed by atoms with Crippen molar-refractivity contribution in [1.82, 2.24) is 5.32 Å². The van der Waals surface area contributed by atoms with E-state index in [9.17, 15) is 4.79 Å². The summed E-state index contributed by atoms with van der Waals surface area (Å²) in [7, 11) is 3.15. The molecule has 116 valence electrons. The van der Waals surface area contributed by atoms with Crippen LogP contribution in [0, 0.1) is 5.92 Å². The Hall–Kier alpha value is -1.79. The van der Waals surface area contributed by atoms with E-state index in [0.29, 0.717) is 30.4 Å². The Morgan fingerprint density at radius 1 is 1.24 bits per heavy atom. The maximum absolute atomic E-state index is 12.4. The molecule has 1 saturated heterocycles. The van der Waals surface area contributed by atoms with Gasteiger partial charge < -0.3 is 24.8 Å². The fourth-order valence-corrected chi connectivity index (χ4v) is 2.39.